The number of hydrogen-bond acceptors (Lipinski definition) is 4. The summed E-state index contributed by atoms with van der Waals surface area (Å²) in [7, 11) is 0. The van der Waals surface area contributed by atoms with Crippen molar-refractivity contribution in [2.45, 2.75) is 6.18 Å². The van der Waals surface area contributed by atoms with Gasteiger partial charge in [0.2, 0.25) is 0 Å². The first kappa shape index (κ1) is 19.3. The number of carbonyl (C=O) groups excluding carboxylic acids is 1. The van der Waals surface area contributed by atoms with Crippen molar-refractivity contribution in [3.8, 4) is 11.4 Å². The maximum absolute atomic E-state index is 13.7. The van der Waals surface area contributed by atoms with Gasteiger partial charge in [-0.05, 0) is 48.5 Å². The van der Waals surface area contributed by atoms with E-state index in [2.05, 4.69) is 20.7 Å². The number of amides is 1. The first-order valence-electron chi connectivity index (χ1n) is 8.52. The average molecular weight is 416 g/mol. The van der Waals surface area contributed by atoms with Crippen LogP contribution in [0.25, 0.3) is 11.4 Å². The van der Waals surface area contributed by atoms with Crippen LogP contribution in [0.3, 0.4) is 0 Å². The third kappa shape index (κ3) is 3.77. The van der Waals surface area contributed by atoms with Crippen LogP contribution in [-0.4, -0.2) is 30.7 Å². The fourth-order valence-electron chi connectivity index (χ4n) is 2.81. The van der Waals surface area contributed by atoms with E-state index in [0.29, 0.717) is 10.4 Å². The van der Waals surface area contributed by atoms with Crippen molar-refractivity contribution < 1.29 is 22.4 Å². The lowest BCUT2D eigenvalue weighted by atomic mass is 10.2. The summed E-state index contributed by atoms with van der Waals surface area (Å²) >= 11 is 0. The van der Waals surface area contributed by atoms with Crippen molar-refractivity contribution >= 4 is 11.6 Å². The maximum atomic E-state index is 13.7. The highest BCUT2D eigenvalue weighted by Gasteiger charge is 2.40. The SMILES string of the molecule is O=C(Nc1ccc(-n2ccnn2)cc1)c1cnn(-c2ccc(F)cc2)c1C(F)(F)F. The molecule has 0 fully saturated rings. The molecule has 0 spiro atoms. The molecule has 0 radical (unpaired) electrons. The van der Waals surface area contributed by atoms with E-state index in [9.17, 15) is 22.4 Å². The van der Waals surface area contributed by atoms with E-state index in [1.807, 2.05) is 0 Å². The van der Waals surface area contributed by atoms with Crippen LogP contribution in [0.2, 0.25) is 0 Å². The summed E-state index contributed by atoms with van der Waals surface area (Å²) in [6.07, 6.45) is -0.931. The number of alkyl halides is 3. The smallest absolute Gasteiger partial charge is 0.322 e. The molecule has 30 heavy (non-hydrogen) atoms. The molecule has 0 aliphatic carbocycles. The van der Waals surface area contributed by atoms with Crippen molar-refractivity contribution in [3.63, 3.8) is 0 Å². The van der Waals surface area contributed by atoms with E-state index in [4.69, 9.17) is 0 Å². The van der Waals surface area contributed by atoms with E-state index in [0.717, 1.165) is 30.5 Å². The molecule has 2 aromatic carbocycles. The summed E-state index contributed by atoms with van der Waals surface area (Å²) in [4.78, 5) is 12.5. The summed E-state index contributed by atoms with van der Waals surface area (Å²) in [5.41, 5.74) is -1.00. The van der Waals surface area contributed by atoms with Gasteiger partial charge < -0.3 is 5.32 Å². The molecule has 7 nitrogen and oxygen atoms in total. The van der Waals surface area contributed by atoms with E-state index in [-0.39, 0.29) is 11.4 Å². The number of halogens is 4. The molecule has 4 rings (SSSR count). The molecule has 152 valence electrons. The first-order valence-corrected chi connectivity index (χ1v) is 8.52. The molecule has 0 aliphatic heterocycles. The Morgan fingerprint density at radius 3 is 2.23 bits per heavy atom. The van der Waals surface area contributed by atoms with Crippen molar-refractivity contribution in [1.82, 2.24) is 24.8 Å². The summed E-state index contributed by atoms with van der Waals surface area (Å²) in [5.74, 6) is -1.59. The summed E-state index contributed by atoms with van der Waals surface area (Å²) in [5, 5.41) is 13.6. The summed E-state index contributed by atoms with van der Waals surface area (Å²) in [6, 6.07) is 10.6. The Hall–Kier alpha value is -4.02. The van der Waals surface area contributed by atoms with Gasteiger partial charge in [-0.2, -0.15) is 18.3 Å². The number of benzene rings is 2. The molecule has 0 unspecified atom stereocenters. The van der Waals surface area contributed by atoms with Gasteiger partial charge in [-0.3, -0.25) is 4.79 Å². The minimum absolute atomic E-state index is 0.0278. The van der Waals surface area contributed by atoms with Gasteiger partial charge in [0.15, 0.2) is 5.69 Å². The molecule has 1 N–H and O–H groups in total. The highest BCUT2D eigenvalue weighted by molar-refractivity contribution is 6.05. The minimum atomic E-state index is -4.87. The van der Waals surface area contributed by atoms with E-state index >= 15 is 0 Å². The predicted molar refractivity (Wildman–Crippen MR) is 97.8 cm³/mol. The molecule has 1 amide bonds. The van der Waals surface area contributed by atoms with Crippen molar-refractivity contribution in [2.24, 2.45) is 0 Å². The summed E-state index contributed by atoms with van der Waals surface area (Å²) in [6.45, 7) is 0. The first-order chi connectivity index (χ1) is 14.3. The maximum Gasteiger partial charge on any atom is 0.434 e. The molecular weight excluding hydrogens is 404 g/mol. The number of hydrogen-bond donors (Lipinski definition) is 1. The second-order valence-electron chi connectivity index (χ2n) is 6.14. The average Bonchev–Trinajstić information content (AvgIpc) is 3.39. The van der Waals surface area contributed by atoms with Crippen LogP contribution in [0.5, 0.6) is 0 Å². The highest BCUT2D eigenvalue weighted by atomic mass is 19.4. The third-order valence-electron chi connectivity index (χ3n) is 4.17. The van der Waals surface area contributed by atoms with Crippen molar-refractivity contribution in [1.29, 1.82) is 0 Å². The van der Waals surface area contributed by atoms with Crippen LogP contribution < -0.4 is 5.32 Å². The van der Waals surface area contributed by atoms with Crippen LogP contribution >= 0.6 is 0 Å². The molecule has 0 atom stereocenters. The number of carbonyl (C=O) groups is 1. The molecule has 0 aliphatic rings. The molecule has 2 heterocycles. The number of rotatable bonds is 4. The summed E-state index contributed by atoms with van der Waals surface area (Å²) < 4.78 is 56.2. The van der Waals surface area contributed by atoms with Gasteiger partial charge >= 0.3 is 6.18 Å². The van der Waals surface area contributed by atoms with Gasteiger partial charge in [0.05, 0.1) is 35.5 Å². The predicted octanol–water partition coefficient (Wildman–Crippen LogP) is 3.86. The van der Waals surface area contributed by atoms with Gasteiger partial charge in [0.1, 0.15) is 5.82 Å². The van der Waals surface area contributed by atoms with E-state index in [1.165, 1.54) is 23.0 Å². The van der Waals surface area contributed by atoms with Crippen molar-refractivity contribution in [2.75, 3.05) is 5.32 Å². The van der Waals surface area contributed by atoms with Crippen LogP contribution in [-0.2, 0) is 6.18 Å². The Kier molecular flexibility index (Phi) is 4.78. The van der Waals surface area contributed by atoms with Gasteiger partial charge in [0.25, 0.3) is 5.91 Å². The Morgan fingerprint density at radius 2 is 1.63 bits per heavy atom. The molecule has 4 aromatic rings. The Labute approximate surface area is 166 Å². The lowest BCUT2D eigenvalue weighted by Gasteiger charge is -2.13. The van der Waals surface area contributed by atoms with Crippen LogP contribution in [0.1, 0.15) is 16.1 Å². The van der Waals surface area contributed by atoms with Crippen LogP contribution in [0.4, 0.5) is 23.2 Å². The zero-order chi connectivity index (χ0) is 21.3. The largest absolute Gasteiger partial charge is 0.434 e. The minimum Gasteiger partial charge on any atom is -0.322 e. The fraction of sp³-hybridized carbons (Fsp3) is 0.0526. The number of nitrogens with one attached hydrogen (secondary N) is 1. The fourth-order valence-corrected chi connectivity index (χ4v) is 2.81. The number of anilines is 1. The lowest BCUT2D eigenvalue weighted by Crippen LogP contribution is -2.20. The third-order valence-corrected chi connectivity index (χ3v) is 4.17. The van der Waals surface area contributed by atoms with Crippen LogP contribution in [0.15, 0.2) is 67.1 Å². The normalized spacial score (nSPS) is 11.5. The van der Waals surface area contributed by atoms with E-state index in [1.54, 1.807) is 18.3 Å². The van der Waals surface area contributed by atoms with Gasteiger partial charge in [0, 0.05) is 5.69 Å². The molecule has 0 saturated carbocycles. The van der Waals surface area contributed by atoms with Crippen LogP contribution in [0, 0.1) is 5.82 Å². The lowest BCUT2D eigenvalue weighted by molar-refractivity contribution is -0.143. The zero-order valence-corrected chi connectivity index (χ0v) is 15.0. The zero-order valence-electron chi connectivity index (χ0n) is 15.0. The van der Waals surface area contributed by atoms with Gasteiger partial charge in [-0.1, -0.05) is 5.21 Å². The van der Waals surface area contributed by atoms with Gasteiger partial charge in [-0.25, -0.2) is 13.8 Å². The monoisotopic (exact) mass is 416 g/mol. The standard InChI is InChI=1S/C19H12F4N6O/c20-12-1-5-15(6-2-12)29-17(19(21,22)23)16(11-25-29)18(30)26-13-3-7-14(8-4-13)28-10-9-24-27-28/h1-11H,(H,26,30). The second kappa shape index (κ2) is 7.43. The number of aromatic nitrogens is 5. The molecule has 2 aromatic heterocycles. The highest BCUT2D eigenvalue weighted by Crippen LogP contribution is 2.34. The molecule has 0 saturated heterocycles. The van der Waals surface area contributed by atoms with Crippen molar-refractivity contribution in [3.05, 3.63) is 84.2 Å². The second-order valence-corrected chi connectivity index (χ2v) is 6.14. The topological polar surface area (TPSA) is 77.6 Å². The molecule has 0 bridgehead atoms. The Morgan fingerprint density at radius 1 is 0.967 bits per heavy atom. The van der Waals surface area contributed by atoms with E-state index < -0.39 is 29.2 Å². The molecular formula is C19H12F4N6O. The molecule has 11 heteroatoms. The Balaban J connectivity index is 1.63. The Bertz CT molecular complexity index is 1170. The quantitative estimate of drug-likeness (QED) is 0.513. The van der Waals surface area contributed by atoms with Gasteiger partial charge in [-0.15, -0.1) is 5.10 Å². The number of nitrogens with zero attached hydrogens (tertiary/aromatic N) is 5.